The summed E-state index contributed by atoms with van der Waals surface area (Å²) >= 11 is 0. The van der Waals surface area contributed by atoms with Crippen LogP contribution in [0.4, 0.5) is 0 Å². The lowest BCUT2D eigenvalue weighted by atomic mass is 9.85. The molecule has 1 heterocycles. The van der Waals surface area contributed by atoms with Gasteiger partial charge < -0.3 is 18.9 Å². The standard InChI is InChI=1S/C20H30O5/c1-14(2)16(12-17(21)20-13-25-20)10-15-6-7-18(23-4)19(11-15)24-9-5-8-22-3/h6-7,11,14,16,20H,5,8-10,12-13H2,1-4H3/t16-,20-/m0/s1. The number of hydrogen-bond acceptors (Lipinski definition) is 5. The Balaban J connectivity index is 2.01. The van der Waals surface area contributed by atoms with E-state index in [1.807, 2.05) is 18.2 Å². The van der Waals surface area contributed by atoms with Crippen LogP contribution in [0.15, 0.2) is 18.2 Å². The van der Waals surface area contributed by atoms with Crippen molar-refractivity contribution in [2.24, 2.45) is 11.8 Å². The number of benzene rings is 1. The number of carbonyl (C=O) groups is 1. The summed E-state index contributed by atoms with van der Waals surface area (Å²) in [4.78, 5) is 12.1. The molecule has 0 N–H and O–H groups in total. The quantitative estimate of drug-likeness (QED) is 0.428. The van der Waals surface area contributed by atoms with Crippen molar-refractivity contribution in [3.63, 3.8) is 0 Å². The van der Waals surface area contributed by atoms with Gasteiger partial charge in [0.1, 0.15) is 6.10 Å². The van der Waals surface area contributed by atoms with E-state index in [0.717, 1.165) is 29.9 Å². The Hall–Kier alpha value is -1.59. The van der Waals surface area contributed by atoms with Crippen LogP contribution in [-0.2, 0) is 20.7 Å². The highest BCUT2D eigenvalue weighted by Gasteiger charge is 2.33. The van der Waals surface area contributed by atoms with E-state index in [2.05, 4.69) is 13.8 Å². The number of methoxy groups -OCH3 is 2. The normalized spacial score (nSPS) is 17.4. The Labute approximate surface area is 150 Å². The van der Waals surface area contributed by atoms with Crippen molar-refractivity contribution < 1.29 is 23.7 Å². The summed E-state index contributed by atoms with van der Waals surface area (Å²) in [5.74, 6) is 2.42. The Morgan fingerprint density at radius 2 is 2.00 bits per heavy atom. The van der Waals surface area contributed by atoms with Gasteiger partial charge in [-0.05, 0) is 36.0 Å². The minimum absolute atomic E-state index is 0.156. The van der Waals surface area contributed by atoms with Gasteiger partial charge in [0.2, 0.25) is 0 Å². The van der Waals surface area contributed by atoms with E-state index in [1.54, 1.807) is 14.2 Å². The molecule has 1 fully saturated rings. The molecule has 0 radical (unpaired) electrons. The van der Waals surface area contributed by atoms with Gasteiger partial charge in [-0.2, -0.15) is 0 Å². The molecule has 2 atom stereocenters. The molecule has 1 aromatic rings. The van der Waals surface area contributed by atoms with Gasteiger partial charge in [0.05, 0.1) is 20.3 Å². The first-order valence-electron chi connectivity index (χ1n) is 8.98. The van der Waals surface area contributed by atoms with Crippen LogP contribution in [0.3, 0.4) is 0 Å². The molecule has 25 heavy (non-hydrogen) atoms. The lowest BCUT2D eigenvalue weighted by Gasteiger charge is -2.21. The molecule has 2 rings (SSSR count). The van der Waals surface area contributed by atoms with E-state index in [4.69, 9.17) is 18.9 Å². The highest BCUT2D eigenvalue weighted by atomic mass is 16.6. The maximum Gasteiger partial charge on any atom is 0.164 e. The van der Waals surface area contributed by atoms with Crippen LogP contribution < -0.4 is 9.47 Å². The molecule has 0 saturated carbocycles. The molecule has 1 aliphatic rings. The lowest BCUT2D eigenvalue weighted by molar-refractivity contribution is -0.121. The summed E-state index contributed by atoms with van der Waals surface area (Å²) in [5, 5.41) is 0. The van der Waals surface area contributed by atoms with Gasteiger partial charge in [-0.25, -0.2) is 0 Å². The molecule has 1 saturated heterocycles. The summed E-state index contributed by atoms with van der Waals surface area (Å²) in [6.07, 6.45) is 2.08. The largest absolute Gasteiger partial charge is 0.493 e. The Bertz CT molecular complexity index is 551. The average Bonchev–Trinajstić information content (AvgIpc) is 3.43. The van der Waals surface area contributed by atoms with Crippen molar-refractivity contribution >= 4 is 5.78 Å². The van der Waals surface area contributed by atoms with Gasteiger partial charge >= 0.3 is 0 Å². The molecule has 5 heteroatoms. The molecule has 0 amide bonds. The first kappa shape index (κ1) is 19.7. The van der Waals surface area contributed by atoms with Crippen LogP contribution in [0, 0.1) is 11.8 Å². The molecule has 0 bridgehead atoms. The maximum atomic E-state index is 12.1. The highest BCUT2D eigenvalue weighted by molar-refractivity contribution is 5.85. The fourth-order valence-electron chi connectivity index (χ4n) is 2.82. The third-order valence-electron chi connectivity index (χ3n) is 4.57. The summed E-state index contributed by atoms with van der Waals surface area (Å²) in [6.45, 7) is 6.17. The first-order valence-corrected chi connectivity index (χ1v) is 8.98. The summed E-state index contributed by atoms with van der Waals surface area (Å²) in [5.41, 5.74) is 1.16. The number of carbonyl (C=O) groups excluding carboxylic acids is 1. The van der Waals surface area contributed by atoms with Gasteiger partial charge in [0.15, 0.2) is 17.3 Å². The maximum absolute atomic E-state index is 12.1. The van der Waals surface area contributed by atoms with E-state index in [1.165, 1.54) is 0 Å². The van der Waals surface area contributed by atoms with E-state index < -0.39 is 0 Å². The molecule has 5 nitrogen and oxygen atoms in total. The Morgan fingerprint density at radius 1 is 1.24 bits per heavy atom. The molecule has 0 spiro atoms. The molecular weight excluding hydrogens is 320 g/mol. The smallest absolute Gasteiger partial charge is 0.164 e. The van der Waals surface area contributed by atoms with E-state index in [0.29, 0.717) is 38.1 Å². The minimum atomic E-state index is -0.156. The van der Waals surface area contributed by atoms with Crippen LogP contribution >= 0.6 is 0 Å². The van der Waals surface area contributed by atoms with Crippen LogP contribution in [0.25, 0.3) is 0 Å². The van der Waals surface area contributed by atoms with Crippen molar-refractivity contribution in [2.45, 2.75) is 39.2 Å². The van der Waals surface area contributed by atoms with Crippen molar-refractivity contribution in [1.82, 2.24) is 0 Å². The van der Waals surface area contributed by atoms with Gasteiger partial charge in [-0.1, -0.05) is 19.9 Å². The predicted octanol–water partition coefficient (Wildman–Crippen LogP) is 3.28. The molecule has 1 aromatic carbocycles. The zero-order valence-corrected chi connectivity index (χ0v) is 15.7. The van der Waals surface area contributed by atoms with Gasteiger partial charge in [-0.15, -0.1) is 0 Å². The fraction of sp³-hybridized carbons (Fsp3) is 0.650. The van der Waals surface area contributed by atoms with Crippen LogP contribution in [0.1, 0.15) is 32.3 Å². The summed E-state index contributed by atoms with van der Waals surface area (Å²) in [7, 11) is 3.32. The van der Waals surface area contributed by atoms with Crippen molar-refractivity contribution in [3.8, 4) is 11.5 Å². The molecule has 0 aromatic heterocycles. The van der Waals surface area contributed by atoms with E-state index in [9.17, 15) is 4.79 Å². The molecule has 140 valence electrons. The fourth-order valence-corrected chi connectivity index (χ4v) is 2.82. The van der Waals surface area contributed by atoms with E-state index in [-0.39, 0.29) is 11.9 Å². The minimum Gasteiger partial charge on any atom is -0.493 e. The number of ether oxygens (including phenoxy) is 4. The zero-order chi connectivity index (χ0) is 18.2. The third kappa shape index (κ3) is 6.33. The van der Waals surface area contributed by atoms with Gasteiger partial charge in [-0.3, -0.25) is 4.79 Å². The number of Topliss-reactive ketones (excluding diaryl/α,β-unsaturated/α-hetero) is 1. The number of hydrogen-bond donors (Lipinski definition) is 0. The second kappa shape index (κ2) is 9.78. The Morgan fingerprint density at radius 3 is 2.60 bits per heavy atom. The predicted molar refractivity (Wildman–Crippen MR) is 96.4 cm³/mol. The monoisotopic (exact) mass is 350 g/mol. The van der Waals surface area contributed by atoms with Crippen LogP contribution in [0.2, 0.25) is 0 Å². The van der Waals surface area contributed by atoms with Crippen molar-refractivity contribution in [1.29, 1.82) is 0 Å². The second-order valence-corrected chi connectivity index (χ2v) is 6.88. The molecule has 0 unspecified atom stereocenters. The summed E-state index contributed by atoms with van der Waals surface area (Å²) in [6, 6.07) is 6.01. The molecule has 1 aliphatic heterocycles. The van der Waals surface area contributed by atoms with Gasteiger partial charge in [0.25, 0.3) is 0 Å². The third-order valence-corrected chi connectivity index (χ3v) is 4.57. The zero-order valence-electron chi connectivity index (χ0n) is 15.7. The highest BCUT2D eigenvalue weighted by Crippen LogP contribution is 2.31. The number of ketones is 1. The first-order chi connectivity index (χ1) is 12.0. The van der Waals surface area contributed by atoms with Crippen molar-refractivity contribution in [2.75, 3.05) is 34.0 Å². The number of rotatable bonds is 12. The van der Waals surface area contributed by atoms with E-state index >= 15 is 0 Å². The molecule has 0 aliphatic carbocycles. The second-order valence-electron chi connectivity index (χ2n) is 6.88. The topological polar surface area (TPSA) is 57.3 Å². The van der Waals surface area contributed by atoms with Crippen LogP contribution in [-0.4, -0.2) is 45.9 Å². The summed E-state index contributed by atoms with van der Waals surface area (Å²) < 4.78 is 21.4. The molecular formula is C20H30O5. The Kier molecular flexibility index (Phi) is 7.72. The average molecular weight is 350 g/mol. The van der Waals surface area contributed by atoms with Crippen LogP contribution in [0.5, 0.6) is 11.5 Å². The van der Waals surface area contributed by atoms with Gasteiger partial charge in [0, 0.05) is 26.6 Å². The number of epoxide rings is 1. The lowest BCUT2D eigenvalue weighted by Crippen LogP contribution is -2.19. The SMILES string of the molecule is COCCCOc1cc(C[C@@H](CC(=O)[C@@H]2CO2)C(C)C)ccc1OC. The van der Waals surface area contributed by atoms with Crippen molar-refractivity contribution in [3.05, 3.63) is 23.8 Å².